The van der Waals surface area contributed by atoms with Crippen LogP contribution in [-0.4, -0.2) is 17.4 Å². The lowest BCUT2D eigenvalue weighted by Gasteiger charge is -2.19. The maximum Gasteiger partial charge on any atom is 0.271 e. The molecule has 0 radical (unpaired) electrons. The first kappa shape index (κ1) is 18.3. The van der Waals surface area contributed by atoms with Gasteiger partial charge < -0.3 is 5.32 Å². The van der Waals surface area contributed by atoms with Gasteiger partial charge >= 0.3 is 0 Å². The summed E-state index contributed by atoms with van der Waals surface area (Å²) in [5.74, 6) is -0.271. The minimum Gasteiger partial charge on any atom is -0.325 e. The fourth-order valence-electron chi connectivity index (χ4n) is 2.82. The zero-order valence-electron chi connectivity index (χ0n) is 14.5. The van der Waals surface area contributed by atoms with E-state index in [0.29, 0.717) is 5.69 Å². The molecule has 0 saturated carbocycles. The van der Waals surface area contributed by atoms with Gasteiger partial charge in [-0.25, -0.2) is 0 Å². The Hall–Kier alpha value is -3.51. The number of anilines is 1. The quantitative estimate of drug-likeness (QED) is 0.493. The van der Waals surface area contributed by atoms with Gasteiger partial charge in [0.25, 0.3) is 5.69 Å². The number of nitro groups is 1. The van der Waals surface area contributed by atoms with Crippen LogP contribution in [-0.2, 0) is 4.79 Å². The van der Waals surface area contributed by atoms with Crippen LogP contribution >= 0.6 is 0 Å². The summed E-state index contributed by atoms with van der Waals surface area (Å²) in [6.07, 6.45) is 0. The largest absolute Gasteiger partial charge is 0.325 e. The zero-order chi connectivity index (χ0) is 19.1. The minimum absolute atomic E-state index is 0.0628. The number of hydrogen-bond acceptors (Lipinski definition) is 4. The lowest BCUT2D eigenvalue weighted by molar-refractivity contribution is -0.384. The Bertz CT molecular complexity index is 875. The minimum atomic E-state index is -0.491. The lowest BCUT2D eigenvalue weighted by atomic mass is 9.99. The second-order valence-electron chi connectivity index (χ2n) is 5.99. The SMILES string of the molecule is O=C(CNC(c1ccccc1)c1ccccc1)Nc1cccc([N+](=O)[O-])c1. The molecule has 0 atom stereocenters. The number of nitrogens with one attached hydrogen (secondary N) is 2. The molecule has 0 heterocycles. The first-order valence-corrected chi connectivity index (χ1v) is 8.51. The van der Waals surface area contributed by atoms with Crippen molar-refractivity contribution in [2.45, 2.75) is 6.04 Å². The second-order valence-corrected chi connectivity index (χ2v) is 5.99. The number of nitro benzene ring substituents is 1. The zero-order valence-corrected chi connectivity index (χ0v) is 14.5. The molecule has 0 fully saturated rings. The molecule has 0 aliphatic carbocycles. The first-order chi connectivity index (χ1) is 13.1. The van der Waals surface area contributed by atoms with Crippen molar-refractivity contribution in [3.05, 3.63) is 106 Å². The molecule has 3 rings (SSSR count). The monoisotopic (exact) mass is 361 g/mol. The number of nitrogens with zero attached hydrogens (tertiary/aromatic N) is 1. The molecule has 0 aliphatic rings. The smallest absolute Gasteiger partial charge is 0.271 e. The van der Waals surface area contributed by atoms with Crippen molar-refractivity contribution in [2.24, 2.45) is 0 Å². The van der Waals surface area contributed by atoms with Crippen molar-refractivity contribution in [3.8, 4) is 0 Å². The molecular formula is C21H19N3O3. The van der Waals surface area contributed by atoms with Gasteiger partial charge in [0.2, 0.25) is 5.91 Å². The van der Waals surface area contributed by atoms with E-state index in [0.717, 1.165) is 11.1 Å². The van der Waals surface area contributed by atoms with E-state index in [9.17, 15) is 14.9 Å². The van der Waals surface area contributed by atoms with Crippen LogP contribution in [0.3, 0.4) is 0 Å². The summed E-state index contributed by atoms with van der Waals surface area (Å²) in [6, 6.07) is 25.5. The van der Waals surface area contributed by atoms with Gasteiger partial charge in [0.1, 0.15) is 0 Å². The highest BCUT2D eigenvalue weighted by Gasteiger charge is 2.15. The van der Waals surface area contributed by atoms with Crippen LogP contribution in [0, 0.1) is 10.1 Å². The Kier molecular flexibility index (Phi) is 5.91. The van der Waals surface area contributed by atoms with Crippen molar-refractivity contribution < 1.29 is 9.72 Å². The molecule has 1 amide bonds. The Balaban J connectivity index is 1.69. The van der Waals surface area contributed by atoms with Crippen molar-refractivity contribution in [2.75, 3.05) is 11.9 Å². The third-order valence-corrected chi connectivity index (χ3v) is 4.07. The lowest BCUT2D eigenvalue weighted by Crippen LogP contribution is -2.31. The maximum atomic E-state index is 12.3. The highest BCUT2D eigenvalue weighted by Crippen LogP contribution is 2.21. The van der Waals surface area contributed by atoms with Crippen molar-refractivity contribution in [1.29, 1.82) is 0 Å². The summed E-state index contributed by atoms with van der Waals surface area (Å²) in [5, 5.41) is 16.8. The highest BCUT2D eigenvalue weighted by molar-refractivity contribution is 5.92. The number of amides is 1. The van der Waals surface area contributed by atoms with E-state index in [4.69, 9.17) is 0 Å². The van der Waals surface area contributed by atoms with E-state index in [1.54, 1.807) is 6.07 Å². The molecule has 6 nitrogen and oxygen atoms in total. The van der Waals surface area contributed by atoms with Gasteiger partial charge in [0.15, 0.2) is 0 Å². The summed E-state index contributed by atoms with van der Waals surface area (Å²) >= 11 is 0. The molecule has 3 aromatic rings. The molecule has 0 unspecified atom stereocenters. The van der Waals surface area contributed by atoms with E-state index in [-0.39, 0.29) is 24.2 Å². The van der Waals surface area contributed by atoms with Crippen molar-refractivity contribution >= 4 is 17.3 Å². The molecule has 136 valence electrons. The van der Waals surface area contributed by atoms with E-state index >= 15 is 0 Å². The Morgan fingerprint density at radius 1 is 0.889 bits per heavy atom. The number of rotatable bonds is 7. The third kappa shape index (κ3) is 4.99. The van der Waals surface area contributed by atoms with Crippen LogP contribution in [0.2, 0.25) is 0 Å². The number of carbonyl (C=O) groups excluding carboxylic acids is 1. The molecule has 3 aromatic carbocycles. The number of benzene rings is 3. The van der Waals surface area contributed by atoms with E-state index in [1.807, 2.05) is 60.7 Å². The van der Waals surface area contributed by atoms with Crippen LogP contribution in [0.5, 0.6) is 0 Å². The summed E-state index contributed by atoms with van der Waals surface area (Å²) < 4.78 is 0. The predicted molar refractivity (Wildman–Crippen MR) is 104 cm³/mol. The molecule has 2 N–H and O–H groups in total. The topological polar surface area (TPSA) is 84.3 Å². The van der Waals surface area contributed by atoms with Crippen LogP contribution < -0.4 is 10.6 Å². The van der Waals surface area contributed by atoms with Gasteiger partial charge in [0, 0.05) is 17.8 Å². The molecule has 0 spiro atoms. The van der Waals surface area contributed by atoms with E-state index < -0.39 is 4.92 Å². The Labute approximate surface area is 157 Å². The van der Waals surface area contributed by atoms with Crippen LogP contribution in [0.4, 0.5) is 11.4 Å². The highest BCUT2D eigenvalue weighted by atomic mass is 16.6. The molecular weight excluding hydrogens is 342 g/mol. The summed E-state index contributed by atoms with van der Waals surface area (Å²) in [7, 11) is 0. The Morgan fingerprint density at radius 2 is 1.48 bits per heavy atom. The normalized spacial score (nSPS) is 10.6. The van der Waals surface area contributed by atoms with Crippen LogP contribution in [0.25, 0.3) is 0 Å². The summed E-state index contributed by atoms with van der Waals surface area (Å²) in [4.78, 5) is 22.7. The molecule has 0 aromatic heterocycles. The molecule has 6 heteroatoms. The number of carbonyl (C=O) groups is 1. The standard InChI is InChI=1S/C21H19N3O3/c25-20(23-18-12-7-13-19(14-18)24(26)27)15-22-21(16-8-3-1-4-9-16)17-10-5-2-6-11-17/h1-14,21-22H,15H2,(H,23,25). The fourth-order valence-corrected chi connectivity index (χ4v) is 2.82. The number of non-ortho nitro benzene ring substituents is 1. The third-order valence-electron chi connectivity index (χ3n) is 4.07. The molecule has 0 saturated heterocycles. The van der Waals surface area contributed by atoms with Crippen molar-refractivity contribution in [1.82, 2.24) is 5.32 Å². The van der Waals surface area contributed by atoms with Gasteiger partial charge in [-0.1, -0.05) is 66.7 Å². The van der Waals surface area contributed by atoms with Gasteiger partial charge in [0.05, 0.1) is 17.5 Å². The molecule has 0 bridgehead atoms. The summed E-state index contributed by atoms with van der Waals surface area (Å²) in [6.45, 7) is 0.0666. The molecule has 0 aliphatic heterocycles. The van der Waals surface area contributed by atoms with Gasteiger partial charge in [-0.05, 0) is 17.2 Å². The van der Waals surface area contributed by atoms with Crippen LogP contribution in [0.1, 0.15) is 17.2 Å². The average molecular weight is 361 g/mol. The number of hydrogen-bond donors (Lipinski definition) is 2. The van der Waals surface area contributed by atoms with Crippen LogP contribution in [0.15, 0.2) is 84.9 Å². The first-order valence-electron chi connectivity index (χ1n) is 8.51. The molecule has 27 heavy (non-hydrogen) atoms. The maximum absolute atomic E-state index is 12.3. The van der Waals surface area contributed by atoms with Gasteiger partial charge in [-0.15, -0.1) is 0 Å². The Morgan fingerprint density at radius 3 is 2.04 bits per heavy atom. The fraction of sp³-hybridized carbons (Fsp3) is 0.0952. The van der Waals surface area contributed by atoms with Crippen molar-refractivity contribution in [3.63, 3.8) is 0 Å². The van der Waals surface area contributed by atoms with E-state index in [1.165, 1.54) is 18.2 Å². The van der Waals surface area contributed by atoms with Gasteiger partial charge in [-0.2, -0.15) is 0 Å². The van der Waals surface area contributed by atoms with Gasteiger partial charge in [-0.3, -0.25) is 20.2 Å². The summed E-state index contributed by atoms with van der Waals surface area (Å²) in [5.41, 5.74) is 2.43. The van der Waals surface area contributed by atoms with E-state index in [2.05, 4.69) is 10.6 Å². The second kappa shape index (κ2) is 8.73. The predicted octanol–water partition coefficient (Wildman–Crippen LogP) is 3.91. The average Bonchev–Trinajstić information content (AvgIpc) is 2.70.